The molecule has 0 aromatic rings. The molecule has 0 radical (unpaired) electrons. The van der Waals surface area contributed by atoms with E-state index < -0.39 is 0 Å². The molecule has 4 aliphatic carbocycles. The lowest BCUT2D eigenvalue weighted by molar-refractivity contribution is -0.148. The fourth-order valence-corrected chi connectivity index (χ4v) is 7.62. The van der Waals surface area contributed by atoms with Gasteiger partial charge in [-0.25, -0.2) is 0 Å². The molecule has 0 spiro atoms. The van der Waals surface area contributed by atoms with Gasteiger partial charge in [-0.1, -0.05) is 31.6 Å². The Kier molecular flexibility index (Phi) is 5.19. The Labute approximate surface area is 175 Å². The summed E-state index contributed by atoms with van der Waals surface area (Å²) in [7, 11) is 0. The largest absolute Gasteiger partial charge is 0.462 e. The molecule has 0 saturated heterocycles. The molecule has 0 aromatic heterocycles. The van der Waals surface area contributed by atoms with E-state index in [1.54, 1.807) is 6.92 Å². The van der Waals surface area contributed by atoms with Crippen molar-refractivity contribution in [3.63, 3.8) is 0 Å². The topological polar surface area (TPSA) is 55.4 Å². The van der Waals surface area contributed by atoms with Gasteiger partial charge in [-0.2, -0.15) is 0 Å². The number of carbonyl (C=O) groups excluding carboxylic acids is 2. The Hall–Kier alpha value is -1.58. The number of carbonyl (C=O) groups is 2. The van der Waals surface area contributed by atoms with Gasteiger partial charge in [-0.3, -0.25) is 9.59 Å². The highest BCUT2D eigenvalue weighted by atomic mass is 16.5. The number of ether oxygens (including phenoxy) is 1. The Morgan fingerprint density at radius 3 is 2.48 bits per heavy atom. The van der Waals surface area contributed by atoms with Crippen molar-refractivity contribution in [3.05, 3.63) is 23.3 Å². The fraction of sp³-hybridized carbons (Fsp3) is 0.760. The van der Waals surface area contributed by atoms with Gasteiger partial charge in [0.2, 0.25) is 5.91 Å². The van der Waals surface area contributed by atoms with Gasteiger partial charge < -0.3 is 10.1 Å². The third kappa shape index (κ3) is 3.37. The van der Waals surface area contributed by atoms with Crippen LogP contribution in [0.4, 0.5) is 0 Å². The smallest absolute Gasteiger partial charge is 0.302 e. The third-order valence-electron chi connectivity index (χ3n) is 8.92. The van der Waals surface area contributed by atoms with Gasteiger partial charge in [0, 0.05) is 26.3 Å². The van der Waals surface area contributed by atoms with Gasteiger partial charge in [-0.15, -0.1) is 0 Å². The Morgan fingerprint density at radius 2 is 1.79 bits per heavy atom. The number of hydrogen-bond donors (Lipinski definition) is 1. The van der Waals surface area contributed by atoms with E-state index in [1.807, 2.05) is 0 Å². The van der Waals surface area contributed by atoms with Crippen LogP contribution in [0.2, 0.25) is 0 Å². The molecule has 0 heterocycles. The highest BCUT2D eigenvalue weighted by Crippen LogP contribution is 2.65. The summed E-state index contributed by atoms with van der Waals surface area (Å²) >= 11 is 0. The minimum Gasteiger partial charge on any atom is -0.462 e. The van der Waals surface area contributed by atoms with Gasteiger partial charge in [0.05, 0.1) is 0 Å². The van der Waals surface area contributed by atoms with E-state index in [0.29, 0.717) is 11.8 Å². The van der Waals surface area contributed by atoms with Crippen LogP contribution in [0, 0.1) is 28.6 Å². The van der Waals surface area contributed by atoms with Crippen LogP contribution in [0.5, 0.6) is 0 Å². The van der Waals surface area contributed by atoms with Gasteiger partial charge in [-0.05, 0) is 79.6 Å². The summed E-state index contributed by atoms with van der Waals surface area (Å²) in [4.78, 5) is 23.0. The van der Waals surface area contributed by atoms with Crippen molar-refractivity contribution >= 4 is 11.9 Å². The summed E-state index contributed by atoms with van der Waals surface area (Å²) in [5.74, 6) is 2.02. The van der Waals surface area contributed by atoms with E-state index >= 15 is 0 Å². The Morgan fingerprint density at radius 1 is 1.07 bits per heavy atom. The molecule has 4 heteroatoms. The Balaban J connectivity index is 1.55. The average molecular weight is 400 g/mol. The maximum Gasteiger partial charge on any atom is 0.302 e. The zero-order valence-corrected chi connectivity index (χ0v) is 18.7. The van der Waals surface area contributed by atoms with Gasteiger partial charge in [0.1, 0.15) is 6.10 Å². The first-order valence-corrected chi connectivity index (χ1v) is 11.5. The molecule has 2 saturated carbocycles. The predicted octanol–water partition coefficient (Wildman–Crippen LogP) is 4.94. The molecular formula is C25H37NO3. The first-order chi connectivity index (χ1) is 13.6. The first kappa shape index (κ1) is 20.7. The van der Waals surface area contributed by atoms with Gasteiger partial charge in [0.25, 0.3) is 0 Å². The second-order valence-electron chi connectivity index (χ2n) is 10.5. The molecule has 1 N–H and O–H groups in total. The van der Waals surface area contributed by atoms with Crippen LogP contribution in [0.25, 0.3) is 0 Å². The van der Waals surface area contributed by atoms with Crippen molar-refractivity contribution in [1.82, 2.24) is 5.32 Å². The number of fused-ring (bicyclic) bond motifs is 5. The van der Waals surface area contributed by atoms with Crippen molar-refractivity contribution in [2.75, 3.05) is 0 Å². The molecule has 0 aliphatic heterocycles. The van der Waals surface area contributed by atoms with Crippen LogP contribution in [0.15, 0.2) is 23.3 Å². The monoisotopic (exact) mass is 399 g/mol. The summed E-state index contributed by atoms with van der Waals surface area (Å²) in [6, 6.07) is 0.128. The number of amides is 1. The Bertz CT molecular complexity index is 768. The molecule has 7 atom stereocenters. The van der Waals surface area contributed by atoms with E-state index in [-0.39, 0.29) is 34.9 Å². The lowest BCUT2D eigenvalue weighted by Gasteiger charge is -2.58. The zero-order valence-electron chi connectivity index (χ0n) is 18.7. The molecule has 4 aliphatic rings. The maximum atomic E-state index is 11.6. The molecule has 4 nitrogen and oxygen atoms in total. The van der Waals surface area contributed by atoms with Crippen LogP contribution < -0.4 is 5.32 Å². The summed E-state index contributed by atoms with van der Waals surface area (Å²) < 4.78 is 5.56. The van der Waals surface area contributed by atoms with Crippen LogP contribution >= 0.6 is 0 Å². The molecule has 1 amide bonds. The first-order valence-electron chi connectivity index (χ1n) is 11.5. The molecular weight excluding hydrogens is 362 g/mol. The highest BCUT2D eigenvalue weighted by Gasteiger charge is 2.57. The molecule has 4 rings (SSSR count). The zero-order chi connectivity index (χ0) is 21.0. The van der Waals surface area contributed by atoms with Crippen molar-refractivity contribution in [2.45, 2.75) is 91.7 Å². The van der Waals surface area contributed by atoms with Crippen molar-refractivity contribution in [1.29, 1.82) is 0 Å². The van der Waals surface area contributed by atoms with E-state index in [0.717, 1.165) is 38.0 Å². The second-order valence-corrected chi connectivity index (χ2v) is 10.5. The number of hydrogen-bond acceptors (Lipinski definition) is 3. The molecule has 160 valence electrons. The van der Waals surface area contributed by atoms with E-state index in [2.05, 4.69) is 38.2 Å². The van der Waals surface area contributed by atoms with Crippen LogP contribution in [0.3, 0.4) is 0 Å². The van der Waals surface area contributed by atoms with Crippen LogP contribution in [-0.4, -0.2) is 24.0 Å². The molecule has 0 unspecified atom stereocenters. The number of nitrogens with one attached hydrogen (secondary N) is 1. The average Bonchev–Trinajstić information content (AvgIpc) is 2.98. The van der Waals surface area contributed by atoms with Crippen molar-refractivity contribution in [3.8, 4) is 0 Å². The summed E-state index contributed by atoms with van der Waals surface area (Å²) in [5, 5.41) is 3.13. The predicted molar refractivity (Wildman–Crippen MR) is 114 cm³/mol. The van der Waals surface area contributed by atoms with Gasteiger partial charge >= 0.3 is 5.97 Å². The van der Waals surface area contributed by atoms with E-state index in [4.69, 9.17) is 4.74 Å². The van der Waals surface area contributed by atoms with Crippen LogP contribution in [0.1, 0.15) is 79.6 Å². The summed E-state index contributed by atoms with van der Waals surface area (Å²) in [5.41, 5.74) is 3.46. The maximum absolute atomic E-state index is 11.6. The SMILES string of the molecule is CC(=O)N[C@H](C)C1=CC[C@H]2[C@@H]3CC=C4C[C@@H](OC(C)=O)CC[C@]4(C)[C@H]3CC[C@]12C. The van der Waals surface area contributed by atoms with Crippen molar-refractivity contribution in [2.24, 2.45) is 28.6 Å². The number of rotatable bonds is 3. The number of esters is 1. The van der Waals surface area contributed by atoms with E-state index in [9.17, 15) is 9.59 Å². The highest BCUT2D eigenvalue weighted by molar-refractivity contribution is 5.73. The fourth-order valence-electron chi connectivity index (χ4n) is 7.62. The summed E-state index contributed by atoms with van der Waals surface area (Å²) in [6.07, 6.45) is 12.8. The molecule has 0 bridgehead atoms. The summed E-state index contributed by atoms with van der Waals surface area (Å²) in [6.45, 7) is 10.2. The standard InChI is InChI=1S/C25H37NO3/c1-15(26-16(2)27)21-8-9-22-20-7-6-18-14-19(29-17(3)28)10-12-24(18,4)23(20)11-13-25(21,22)5/h6,8,15,19-20,22-23H,7,9-14H2,1-5H3,(H,26,27)/t15-,19+,20+,22+,23+,24+,25-/m1/s1. The van der Waals surface area contributed by atoms with Gasteiger partial charge in [0.15, 0.2) is 0 Å². The second kappa shape index (κ2) is 7.28. The lowest BCUT2D eigenvalue weighted by atomic mass is 9.47. The quantitative estimate of drug-likeness (QED) is 0.540. The van der Waals surface area contributed by atoms with Crippen LogP contribution in [-0.2, 0) is 14.3 Å². The minimum absolute atomic E-state index is 0.0569. The molecule has 2 fully saturated rings. The lowest BCUT2D eigenvalue weighted by Crippen LogP contribution is -2.51. The normalized spacial score (nSPS) is 41.8. The van der Waals surface area contributed by atoms with E-state index in [1.165, 1.54) is 30.9 Å². The van der Waals surface area contributed by atoms with Crippen molar-refractivity contribution < 1.29 is 14.3 Å². The minimum atomic E-state index is -0.154. The molecule has 29 heavy (non-hydrogen) atoms. The molecule has 0 aromatic carbocycles. The number of allylic oxidation sites excluding steroid dienone is 2. The third-order valence-corrected chi connectivity index (χ3v) is 8.92.